The lowest BCUT2D eigenvalue weighted by molar-refractivity contribution is 0.111. The van der Waals surface area contributed by atoms with E-state index in [0.717, 1.165) is 50.6 Å². The average Bonchev–Trinajstić information content (AvgIpc) is 3.16. The largest absolute Gasteiger partial charge is 0.497 e. The van der Waals surface area contributed by atoms with Crippen molar-refractivity contribution in [2.24, 2.45) is 0 Å². The summed E-state index contributed by atoms with van der Waals surface area (Å²) in [5.74, 6) is 0.767. The van der Waals surface area contributed by atoms with Crippen LogP contribution in [0.3, 0.4) is 0 Å². The molecule has 166 valence electrons. The minimum absolute atomic E-state index is 0.159. The number of nitrogens with one attached hydrogen (secondary N) is 2. The highest BCUT2D eigenvalue weighted by Crippen LogP contribution is 2.31. The molecule has 0 aromatic heterocycles. The summed E-state index contributed by atoms with van der Waals surface area (Å²) in [6.07, 6.45) is 1.08. The Balaban J connectivity index is 1.45. The smallest absolute Gasteiger partial charge is 0.319 e. The van der Waals surface area contributed by atoms with E-state index in [-0.39, 0.29) is 12.1 Å². The molecule has 2 heterocycles. The number of benzene rings is 2. The zero-order chi connectivity index (χ0) is 21.8. The second-order valence-corrected chi connectivity index (χ2v) is 8.48. The highest BCUT2D eigenvalue weighted by atomic mass is 16.5. The lowest BCUT2D eigenvalue weighted by Gasteiger charge is -2.38. The molecule has 2 N–H and O–H groups in total. The molecule has 31 heavy (non-hydrogen) atoms. The Morgan fingerprint density at radius 1 is 1.03 bits per heavy atom. The summed E-state index contributed by atoms with van der Waals surface area (Å²) in [5, 5.41) is 6.01. The van der Waals surface area contributed by atoms with Crippen LogP contribution in [0, 0.1) is 0 Å². The summed E-state index contributed by atoms with van der Waals surface area (Å²) < 4.78 is 5.17. The maximum absolute atomic E-state index is 12.6. The fourth-order valence-corrected chi connectivity index (χ4v) is 4.42. The van der Waals surface area contributed by atoms with Crippen molar-refractivity contribution in [3.8, 4) is 5.75 Å². The second-order valence-electron chi connectivity index (χ2n) is 8.48. The molecule has 0 spiro atoms. The zero-order valence-electron chi connectivity index (χ0n) is 18.7. The van der Waals surface area contributed by atoms with Gasteiger partial charge in [0.15, 0.2) is 0 Å². The van der Waals surface area contributed by atoms with Gasteiger partial charge in [0, 0.05) is 57.7 Å². The number of anilines is 2. The van der Waals surface area contributed by atoms with Crippen molar-refractivity contribution < 1.29 is 9.53 Å². The highest BCUT2D eigenvalue weighted by Gasteiger charge is 2.26. The van der Waals surface area contributed by atoms with Crippen molar-refractivity contribution >= 4 is 17.4 Å². The molecule has 2 aromatic rings. The van der Waals surface area contributed by atoms with E-state index < -0.39 is 0 Å². The Morgan fingerprint density at radius 2 is 1.77 bits per heavy atom. The number of carbonyl (C=O) groups is 1. The predicted molar refractivity (Wildman–Crippen MR) is 125 cm³/mol. The first-order valence-corrected chi connectivity index (χ1v) is 11.0. The number of methoxy groups -OCH3 is 1. The molecule has 2 aliphatic rings. The summed E-state index contributed by atoms with van der Waals surface area (Å²) in [4.78, 5) is 19.7. The van der Waals surface area contributed by atoms with Crippen LogP contribution in [-0.4, -0.2) is 76.3 Å². The fraction of sp³-hybridized carbons (Fsp3) is 0.458. The van der Waals surface area contributed by atoms with E-state index in [2.05, 4.69) is 57.6 Å². The molecule has 2 amide bonds. The lowest BCUT2D eigenvalue weighted by atomic mass is 10.00. The molecule has 1 fully saturated rings. The van der Waals surface area contributed by atoms with Gasteiger partial charge in [-0.3, -0.25) is 4.90 Å². The van der Waals surface area contributed by atoms with E-state index >= 15 is 0 Å². The molecule has 0 saturated carbocycles. The van der Waals surface area contributed by atoms with Crippen molar-refractivity contribution in [2.75, 3.05) is 70.7 Å². The SMILES string of the molecule is COc1ccc(NC(=O)NC[C@@H](c2ccc3c(c2)CCN3C)N2CCN(C)CC2)cc1. The fourth-order valence-electron chi connectivity index (χ4n) is 4.42. The van der Waals surface area contributed by atoms with Gasteiger partial charge in [0.25, 0.3) is 0 Å². The third kappa shape index (κ3) is 5.11. The molecule has 2 aromatic carbocycles. The Labute approximate surface area is 185 Å². The van der Waals surface area contributed by atoms with Gasteiger partial charge < -0.3 is 25.2 Å². The summed E-state index contributed by atoms with van der Waals surface area (Å²) in [6, 6.07) is 14.1. The van der Waals surface area contributed by atoms with Gasteiger partial charge in [-0.25, -0.2) is 4.79 Å². The van der Waals surface area contributed by atoms with Crippen LogP contribution in [0.15, 0.2) is 42.5 Å². The van der Waals surface area contributed by atoms with Crippen LogP contribution in [0.25, 0.3) is 0 Å². The molecule has 7 heteroatoms. The van der Waals surface area contributed by atoms with Crippen molar-refractivity contribution in [3.63, 3.8) is 0 Å². The molecule has 4 rings (SSSR count). The predicted octanol–water partition coefficient (Wildman–Crippen LogP) is 2.80. The third-order valence-corrected chi connectivity index (χ3v) is 6.40. The summed E-state index contributed by atoms with van der Waals surface area (Å²) in [6.45, 7) is 5.73. The Bertz CT molecular complexity index is 893. The quantitative estimate of drug-likeness (QED) is 0.748. The van der Waals surface area contributed by atoms with E-state index in [0.29, 0.717) is 6.54 Å². The molecule has 0 radical (unpaired) electrons. The Morgan fingerprint density at radius 3 is 2.48 bits per heavy atom. The van der Waals surface area contributed by atoms with Gasteiger partial charge in [0.2, 0.25) is 0 Å². The number of likely N-dealkylation sites (N-methyl/N-ethyl adjacent to an activating group) is 2. The van der Waals surface area contributed by atoms with Gasteiger partial charge in [-0.2, -0.15) is 0 Å². The topological polar surface area (TPSA) is 60.1 Å². The number of hydrogen-bond acceptors (Lipinski definition) is 5. The number of carbonyl (C=O) groups excluding carboxylic acids is 1. The first kappa shape index (κ1) is 21.5. The highest BCUT2D eigenvalue weighted by molar-refractivity contribution is 5.89. The Hall–Kier alpha value is -2.77. The average molecular weight is 424 g/mol. The molecule has 1 atom stereocenters. The number of amides is 2. The van der Waals surface area contributed by atoms with Gasteiger partial charge in [-0.1, -0.05) is 12.1 Å². The van der Waals surface area contributed by atoms with Crippen LogP contribution >= 0.6 is 0 Å². The van der Waals surface area contributed by atoms with Gasteiger partial charge in [-0.05, 0) is 54.9 Å². The van der Waals surface area contributed by atoms with Crippen LogP contribution < -0.4 is 20.3 Å². The Kier molecular flexibility index (Phi) is 6.63. The number of piperazine rings is 1. The third-order valence-electron chi connectivity index (χ3n) is 6.40. The van der Waals surface area contributed by atoms with E-state index in [4.69, 9.17) is 4.74 Å². The minimum Gasteiger partial charge on any atom is -0.497 e. The molecule has 0 aliphatic carbocycles. The van der Waals surface area contributed by atoms with E-state index in [9.17, 15) is 4.79 Å². The lowest BCUT2D eigenvalue weighted by Crippen LogP contribution is -2.48. The van der Waals surface area contributed by atoms with E-state index in [1.165, 1.54) is 16.8 Å². The van der Waals surface area contributed by atoms with E-state index in [1.54, 1.807) is 7.11 Å². The van der Waals surface area contributed by atoms with Gasteiger partial charge in [-0.15, -0.1) is 0 Å². The van der Waals surface area contributed by atoms with Crippen molar-refractivity contribution in [1.29, 1.82) is 0 Å². The minimum atomic E-state index is -0.190. The van der Waals surface area contributed by atoms with E-state index in [1.807, 2.05) is 24.3 Å². The molecule has 0 bridgehead atoms. The molecule has 1 saturated heterocycles. The second kappa shape index (κ2) is 9.58. The van der Waals surface area contributed by atoms with Crippen LogP contribution in [0.5, 0.6) is 5.75 Å². The van der Waals surface area contributed by atoms with Crippen LogP contribution in [0.1, 0.15) is 17.2 Å². The van der Waals surface area contributed by atoms with Crippen LogP contribution in [0.4, 0.5) is 16.2 Å². The first-order chi connectivity index (χ1) is 15.0. The molecule has 0 unspecified atom stereocenters. The molecular formula is C24H33N5O2. The molecular weight excluding hydrogens is 390 g/mol. The normalized spacial score (nSPS) is 17.8. The maximum Gasteiger partial charge on any atom is 0.319 e. The number of hydrogen-bond donors (Lipinski definition) is 2. The van der Waals surface area contributed by atoms with Gasteiger partial charge >= 0.3 is 6.03 Å². The van der Waals surface area contributed by atoms with Crippen LogP contribution in [-0.2, 0) is 6.42 Å². The summed E-state index contributed by atoms with van der Waals surface area (Å²) in [5.41, 5.74) is 4.76. The summed E-state index contributed by atoms with van der Waals surface area (Å²) >= 11 is 0. The number of nitrogens with zero attached hydrogens (tertiary/aromatic N) is 3. The van der Waals surface area contributed by atoms with Crippen LogP contribution in [0.2, 0.25) is 0 Å². The number of ether oxygens (including phenoxy) is 1. The molecule has 2 aliphatic heterocycles. The number of urea groups is 1. The standard InChI is InChI=1S/C24H33N5O2/c1-27-12-14-29(15-13-27)23(18-4-9-22-19(16-18)10-11-28(22)2)17-25-24(30)26-20-5-7-21(31-3)8-6-20/h4-9,16,23H,10-15,17H2,1-3H3,(H2,25,26,30)/t23-/m0/s1. The maximum atomic E-state index is 12.6. The summed E-state index contributed by atoms with van der Waals surface area (Å²) in [7, 11) is 5.94. The van der Waals surface area contributed by atoms with Crippen molar-refractivity contribution in [2.45, 2.75) is 12.5 Å². The van der Waals surface area contributed by atoms with Gasteiger partial charge in [0.05, 0.1) is 13.2 Å². The van der Waals surface area contributed by atoms with Gasteiger partial charge in [0.1, 0.15) is 5.75 Å². The van der Waals surface area contributed by atoms with Crippen molar-refractivity contribution in [1.82, 2.24) is 15.1 Å². The first-order valence-electron chi connectivity index (χ1n) is 11.0. The van der Waals surface area contributed by atoms with Crippen molar-refractivity contribution in [3.05, 3.63) is 53.6 Å². The zero-order valence-corrected chi connectivity index (χ0v) is 18.7. The number of fused-ring (bicyclic) bond motifs is 1. The monoisotopic (exact) mass is 423 g/mol. The molecule has 7 nitrogen and oxygen atoms in total. The number of rotatable bonds is 6.